The van der Waals surface area contributed by atoms with Gasteiger partial charge in [-0.2, -0.15) is 0 Å². The summed E-state index contributed by atoms with van der Waals surface area (Å²) in [4.78, 5) is 20.7. The smallest absolute Gasteiger partial charge is 0.275 e. The molecule has 0 fully saturated rings. The maximum absolute atomic E-state index is 12.3. The molecule has 0 aliphatic carbocycles. The fourth-order valence-corrected chi connectivity index (χ4v) is 2.44. The Kier molecular flexibility index (Phi) is 5.34. The summed E-state index contributed by atoms with van der Waals surface area (Å²) in [6, 6.07) is 12.8. The number of ether oxygens (including phenoxy) is 1. The molecular formula is C19H17ClN4O2. The summed E-state index contributed by atoms with van der Waals surface area (Å²) in [6.45, 7) is 1.93. The molecule has 7 heteroatoms. The van der Waals surface area contributed by atoms with E-state index in [9.17, 15) is 4.79 Å². The number of aromatic nitrogens is 2. The molecule has 132 valence electrons. The van der Waals surface area contributed by atoms with Crippen molar-refractivity contribution < 1.29 is 9.53 Å². The van der Waals surface area contributed by atoms with Crippen LogP contribution in [0.25, 0.3) is 0 Å². The van der Waals surface area contributed by atoms with E-state index in [-0.39, 0.29) is 11.6 Å². The highest BCUT2D eigenvalue weighted by Crippen LogP contribution is 2.24. The van der Waals surface area contributed by atoms with Crippen LogP contribution in [0.1, 0.15) is 16.1 Å². The van der Waals surface area contributed by atoms with Gasteiger partial charge in [-0.05, 0) is 36.8 Å². The molecule has 2 N–H and O–H groups in total. The third-order valence-corrected chi connectivity index (χ3v) is 4.09. The Labute approximate surface area is 156 Å². The Balaban J connectivity index is 1.70. The molecule has 0 aliphatic rings. The summed E-state index contributed by atoms with van der Waals surface area (Å²) < 4.78 is 5.21. The number of hydrogen-bond acceptors (Lipinski definition) is 5. The summed E-state index contributed by atoms with van der Waals surface area (Å²) in [5, 5.41) is 6.52. The second-order valence-electron chi connectivity index (χ2n) is 5.53. The van der Waals surface area contributed by atoms with E-state index in [1.807, 2.05) is 31.2 Å². The average Bonchev–Trinajstić information content (AvgIpc) is 2.66. The molecule has 1 heterocycles. The lowest BCUT2D eigenvalue weighted by molar-refractivity contribution is 0.102. The molecule has 0 atom stereocenters. The summed E-state index contributed by atoms with van der Waals surface area (Å²) in [5.74, 6) is 0.717. The number of nitrogens with one attached hydrogen (secondary N) is 2. The Morgan fingerprint density at radius 3 is 2.62 bits per heavy atom. The van der Waals surface area contributed by atoms with Crippen LogP contribution in [-0.2, 0) is 0 Å². The number of methoxy groups -OCH3 is 1. The normalized spacial score (nSPS) is 10.3. The molecule has 0 spiro atoms. The first-order valence-corrected chi connectivity index (χ1v) is 8.24. The molecule has 0 saturated carbocycles. The van der Waals surface area contributed by atoms with E-state index in [1.165, 1.54) is 12.4 Å². The van der Waals surface area contributed by atoms with Crippen molar-refractivity contribution in [2.24, 2.45) is 0 Å². The zero-order valence-electron chi connectivity index (χ0n) is 14.3. The largest absolute Gasteiger partial charge is 0.495 e. The molecular weight excluding hydrogens is 352 g/mol. The van der Waals surface area contributed by atoms with Gasteiger partial charge in [-0.3, -0.25) is 4.79 Å². The topological polar surface area (TPSA) is 76.1 Å². The second-order valence-corrected chi connectivity index (χ2v) is 5.94. The van der Waals surface area contributed by atoms with Gasteiger partial charge in [0.2, 0.25) is 0 Å². The van der Waals surface area contributed by atoms with Crippen molar-refractivity contribution >= 4 is 34.7 Å². The molecule has 0 aliphatic heterocycles. The Morgan fingerprint density at radius 2 is 1.92 bits per heavy atom. The zero-order valence-corrected chi connectivity index (χ0v) is 15.0. The van der Waals surface area contributed by atoms with Gasteiger partial charge in [-0.1, -0.05) is 29.8 Å². The van der Waals surface area contributed by atoms with E-state index in [2.05, 4.69) is 20.6 Å². The lowest BCUT2D eigenvalue weighted by atomic mass is 10.2. The summed E-state index contributed by atoms with van der Waals surface area (Å²) >= 11 is 6.11. The van der Waals surface area contributed by atoms with Crippen LogP contribution in [0.15, 0.2) is 54.9 Å². The Morgan fingerprint density at radius 1 is 1.12 bits per heavy atom. The van der Waals surface area contributed by atoms with Crippen LogP contribution < -0.4 is 15.4 Å². The number of halogens is 1. The van der Waals surface area contributed by atoms with Crippen molar-refractivity contribution in [1.82, 2.24) is 9.97 Å². The van der Waals surface area contributed by atoms with Crippen LogP contribution in [0.4, 0.5) is 17.2 Å². The van der Waals surface area contributed by atoms with Crippen molar-refractivity contribution in [3.63, 3.8) is 0 Å². The molecule has 1 amide bonds. The third kappa shape index (κ3) is 4.10. The summed E-state index contributed by atoms with van der Waals surface area (Å²) in [6.07, 6.45) is 2.90. The van der Waals surface area contributed by atoms with E-state index < -0.39 is 0 Å². The highest BCUT2D eigenvalue weighted by molar-refractivity contribution is 6.31. The van der Waals surface area contributed by atoms with Gasteiger partial charge in [0.15, 0.2) is 0 Å². The van der Waals surface area contributed by atoms with Gasteiger partial charge in [0.05, 0.1) is 25.2 Å². The zero-order chi connectivity index (χ0) is 18.5. The second kappa shape index (κ2) is 7.84. The Bertz CT molecular complexity index is 929. The summed E-state index contributed by atoms with van der Waals surface area (Å²) in [7, 11) is 1.54. The van der Waals surface area contributed by atoms with E-state index >= 15 is 0 Å². The highest BCUT2D eigenvalue weighted by Gasteiger charge is 2.11. The molecule has 0 bridgehead atoms. The number of carbonyl (C=O) groups is 1. The van der Waals surface area contributed by atoms with Crippen molar-refractivity contribution in [2.45, 2.75) is 6.92 Å². The van der Waals surface area contributed by atoms with Gasteiger partial charge in [0, 0.05) is 10.7 Å². The monoisotopic (exact) mass is 368 g/mol. The van der Waals surface area contributed by atoms with Crippen LogP contribution in [0.5, 0.6) is 5.75 Å². The lowest BCUT2D eigenvalue weighted by Crippen LogP contribution is -2.14. The fraction of sp³-hybridized carbons (Fsp3) is 0.105. The van der Waals surface area contributed by atoms with Crippen LogP contribution in [0, 0.1) is 6.92 Å². The first-order chi connectivity index (χ1) is 12.6. The van der Waals surface area contributed by atoms with Crippen molar-refractivity contribution in [1.29, 1.82) is 0 Å². The van der Waals surface area contributed by atoms with Crippen molar-refractivity contribution in [2.75, 3.05) is 17.7 Å². The molecule has 1 aromatic heterocycles. The number of carbonyl (C=O) groups excluding carboxylic acids is 1. The third-order valence-electron chi connectivity index (χ3n) is 3.68. The van der Waals surface area contributed by atoms with Crippen molar-refractivity contribution in [3.05, 3.63) is 71.1 Å². The number of benzene rings is 2. The number of amides is 1. The number of nitrogens with zero attached hydrogens (tertiary/aromatic N) is 2. The molecule has 26 heavy (non-hydrogen) atoms. The minimum Gasteiger partial charge on any atom is -0.495 e. The molecule has 0 radical (unpaired) electrons. The minimum absolute atomic E-state index is 0.198. The highest BCUT2D eigenvalue weighted by atomic mass is 35.5. The van der Waals surface area contributed by atoms with E-state index in [0.717, 1.165) is 11.3 Å². The first-order valence-electron chi connectivity index (χ1n) is 7.86. The van der Waals surface area contributed by atoms with Crippen molar-refractivity contribution in [3.8, 4) is 5.75 Å². The van der Waals surface area contributed by atoms with E-state index in [0.29, 0.717) is 22.3 Å². The van der Waals surface area contributed by atoms with Crippen LogP contribution in [-0.4, -0.2) is 23.0 Å². The molecule has 6 nitrogen and oxygen atoms in total. The predicted octanol–water partition coefficient (Wildman–Crippen LogP) is 4.44. The van der Waals surface area contributed by atoms with Gasteiger partial charge in [0.25, 0.3) is 5.91 Å². The van der Waals surface area contributed by atoms with Crippen LogP contribution in [0.3, 0.4) is 0 Å². The predicted molar refractivity (Wildman–Crippen MR) is 102 cm³/mol. The summed E-state index contributed by atoms with van der Waals surface area (Å²) in [5.41, 5.74) is 2.55. The first kappa shape index (κ1) is 17.7. The number of aryl methyl sites for hydroxylation is 1. The molecule has 3 rings (SSSR count). The number of anilines is 3. The minimum atomic E-state index is -0.369. The van der Waals surface area contributed by atoms with E-state index in [1.54, 1.807) is 25.3 Å². The van der Waals surface area contributed by atoms with Gasteiger partial charge in [0.1, 0.15) is 17.3 Å². The molecule has 0 unspecified atom stereocenters. The van der Waals surface area contributed by atoms with Gasteiger partial charge < -0.3 is 15.4 Å². The molecule has 3 aromatic rings. The standard InChI is InChI=1S/C19H17ClN4O2/c1-12-7-8-13(9-14(12)20)23-18-11-21-16(10-22-18)19(25)24-15-5-3-4-6-17(15)26-2/h3-11H,1-2H3,(H,22,23)(H,24,25). The SMILES string of the molecule is COc1ccccc1NC(=O)c1cnc(Nc2ccc(C)c(Cl)c2)cn1. The molecule has 0 saturated heterocycles. The quantitative estimate of drug-likeness (QED) is 0.696. The molecule has 2 aromatic carbocycles. The number of hydrogen-bond donors (Lipinski definition) is 2. The van der Waals surface area contributed by atoms with E-state index in [4.69, 9.17) is 16.3 Å². The van der Waals surface area contributed by atoms with Gasteiger partial charge in [-0.25, -0.2) is 9.97 Å². The maximum Gasteiger partial charge on any atom is 0.275 e. The van der Waals surface area contributed by atoms with Crippen LogP contribution in [0.2, 0.25) is 5.02 Å². The Hall–Kier alpha value is -3.12. The maximum atomic E-state index is 12.3. The average molecular weight is 369 g/mol. The lowest BCUT2D eigenvalue weighted by Gasteiger charge is -2.10. The van der Waals surface area contributed by atoms with Gasteiger partial charge >= 0.3 is 0 Å². The van der Waals surface area contributed by atoms with Crippen LogP contribution >= 0.6 is 11.6 Å². The number of para-hydroxylation sites is 2. The fourth-order valence-electron chi connectivity index (χ4n) is 2.26. The van der Waals surface area contributed by atoms with Gasteiger partial charge in [-0.15, -0.1) is 0 Å². The number of rotatable bonds is 5.